The van der Waals surface area contributed by atoms with Gasteiger partial charge in [0.05, 0.1) is 17.6 Å². The van der Waals surface area contributed by atoms with Gasteiger partial charge in [0.15, 0.2) is 5.82 Å². The van der Waals surface area contributed by atoms with Crippen molar-refractivity contribution in [3.05, 3.63) is 35.5 Å². The van der Waals surface area contributed by atoms with Gasteiger partial charge in [0.25, 0.3) is 0 Å². The van der Waals surface area contributed by atoms with E-state index in [0.717, 1.165) is 11.4 Å². The quantitative estimate of drug-likeness (QED) is 0.891. The number of para-hydroxylation sites is 2. The molecule has 1 aromatic heterocycles. The molecule has 0 fully saturated rings. The Balaban J connectivity index is 2.37. The molecule has 0 aliphatic rings. The molecule has 5 nitrogen and oxygen atoms in total. The summed E-state index contributed by atoms with van der Waals surface area (Å²) < 4.78 is 0. The van der Waals surface area contributed by atoms with Gasteiger partial charge in [0.2, 0.25) is 5.95 Å². The molecule has 1 heterocycles. The Bertz CT molecular complexity index is 556. The van der Waals surface area contributed by atoms with E-state index in [1.54, 1.807) is 0 Å². The van der Waals surface area contributed by atoms with E-state index in [1.807, 2.05) is 43.3 Å². The van der Waals surface area contributed by atoms with Gasteiger partial charge < -0.3 is 16.0 Å². The molecule has 2 rings (SSSR count). The van der Waals surface area contributed by atoms with E-state index < -0.39 is 0 Å². The molecule has 18 heavy (non-hydrogen) atoms. The normalized spacial score (nSPS) is 10.2. The van der Waals surface area contributed by atoms with Gasteiger partial charge >= 0.3 is 0 Å². The predicted octanol–water partition coefficient (Wildman–Crippen LogP) is 2.52. The first kappa shape index (κ1) is 12.4. The van der Waals surface area contributed by atoms with E-state index in [0.29, 0.717) is 10.8 Å². The van der Waals surface area contributed by atoms with Crippen LogP contribution in [0.15, 0.2) is 30.5 Å². The van der Waals surface area contributed by atoms with Gasteiger partial charge in [-0.05, 0) is 12.1 Å². The topological polar surface area (TPSA) is 67.1 Å². The minimum Gasteiger partial charge on any atom is -0.376 e. The summed E-state index contributed by atoms with van der Waals surface area (Å²) in [5, 5.41) is 3.59. The largest absolute Gasteiger partial charge is 0.376 e. The van der Waals surface area contributed by atoms with E-state index >= 15 is 0 Å². The number of halogens is 1. The van der Waals surface area contributed by atoms with Gasteiger partial charge in [0, 0.05) is 14.1 Å². The molecule has 3 N–H and O–H groups in total. The molecule has 0 saturated heterocycles. The lowest BCUT2D eigenvalue weighted by atomic mass is 10.2. The fourth-order valence-electron chi connectivity index (χ4n) is 1.57. The van der Waals surface area contributed by atoms with E-state index in [9.17, 15) is 0 Å². The van der Waals surface area contributed by atoms with Crippen LogP contribution < -0.4 is 16.0 Å². The maximum Gasteiger partial charge on any atom is 0.222 e. The lowest BCUT2D eigenvalue weighted by molar-refractivity contribution is 1.13. The second-order valence-corrected chi connectivity index (χ2v) is 4.37. The van der Waals surface area contributed by atoms with Crippen molar-refractivity contribution in [3.63, 3.8) is 0 Å². The summed E-state index contributed by atoms with van der Waals surface area (Å²) in [4.78, 5) is 9.90. The number of benzene rings is 1. The fraction of sp³-hybridized carbons (Fsp3) is 0.167. The highest BCUT2D eigenvalue weighted by atomic mass is 35.5. The number of hydrogen-bond donors (Lipinski definition) is 2. The third kappa shape index (κ3) is 2.62. The van der Waals surface area contributed by atoms with Crippen LogP contribution in [0, 0.1) is 0 Å². The summed E-state index contributed by atoms with van der Waals surface area (Å²) in [6.07, 6.45) is 1.48. The second-order valence-electron chi connectivity index (χ2n) is 3.96. The van der Waals surface area contributed by atoms with Crippen molar-refractivity contribution in [2.24, 2.45) is 0 Å². The number of nitrogens with zero attached hydrogens (tertiary/aromatic N) is 3. The van der Waals surface area contributed by atoms with E-state index in [1.165, 1.54) is 6.20 Å². The van der Waals surface area contributed by atoms with Gasteiger partial charge in [-0.1, -0.05) is 23.7 Å². The van der Waals surface area contributed by atoms with Gasteiger partial charge in [-0.25, -0.2) is 4.98 Å². The first-order valence-corrected chi connectivity index (χ1v) is 5.77. The highest BCUT2D eigenvalue weighted by Gasteiger charge is 2.08. The average Bonchev–Trinajstić information content (AvgIpc) is 2.34. The van der Waals surface area contributed by atoms with E-state index in [2.05, 4.69) is 15.3 Å². The van der Waals surface area contributed by atoms with Crippen LogP contribution in [0.4, 0.5) is 23.1 Å². The molecule has 2 aromatic rings. The number of rotatable bonds is 3. The van der Waals surface area contributed by atoms with Gasteiger partial charge in [-0.3, -0.25) is 0 Å². The smallest absolute Gasteiger partial charge is 0.222 e. The summed E-state index contributed by atoms with van der Waals surface area (Å²) in [5.41, 5.74) is 7.49. The molecule has 94 valence electrons. The number of hydrogen-bond acceptors (Lipinski definition) is 5. The first-order chi connectivity index (χ1) is 8.58. The minimum absolute atomic E-state index is 0.184. The number of nitrogens with one attached hydrogen (secondary N) is 1. The van der Waals surface area contributed by atoms with Gasteiger partial charge in [-0.15, -0.1) is 0 Å². The van der Waals surface area contributed by atoms with Crippen LogP contribution in [0.1, 0.15) is 0 Å². The average molecular weight is 264 g/mol. The Morgan fingerprint density at radius 1 is 1.28 bits per heavy atom. The van der Waals surface area contributed by atoms with Crippen molar-refractivity contribution in [1.29, 1.82) is 0 Å². The van der Waals surface area contributed by atoms with Gasteiger partial charge in [-0.2, -0.15) is 4.98 Å². The van der Waals surface area contributed by atoms with Crippen molar-refractivity contribution in [1.82, 2.24) is 9.97 Å². The van der Waals surface area contributed by atoms with Crippen molar-refractivity contribution < 1.29 is 0 Å². The Morgan fingerprint density at radius 3 is 2.72 bits per heavy atom. The lowest BCUT2D eigenvalue weighted by Crippen LogP contribution is -2.11. The van der Waals surface area contributed by atoms with E-state index in [-0.39, 0.29) is 5.95 Å². The fourth-order valence-corrected chi connectivity index (χ4v) is 1.70. The minimum atomic E-state index is 0.184. The number of aromatic nitrogens is 2. The van der Waals surface area contributed by atoms with Crippen LogP contribution in [0.5, 0.6) is 0 Å². The van der Waals surface area contributed by atoms with Crippen molar-refractivity contribution in [3.8, 4) is 0 Å². The third-order valence-corrected chi connectivity index (χ3v) is 2.68. The molecule has 0 aliphatic carbocycles. The molecule has 0 radical (unpaired) electrons. The number of anilines is 4. The highest BCUT2D eigenvalue weighted by molar-refractivity contribution is 6.32. The van der Waals surface area contributed by atoms with Crippen molar-refractivity contribution >= 4 is 34.7 Å². The van der Waals surface area contributed by atoms with Crippen molar-refractivity contribution in [2.45, 2.75) is 0 Å². The zero-order valence-corrected chi connectivity index (χ0v) is 10.9. The molecule has 0 aliphatic heterocycles. The first-order valence-electron chi connectivity index (χ1n) is 5.39. The zero-order chi connectivity index (χ0) is 13.1. The maximum absolute atomic E-state index is 6.02. The van der Waals surface area contributed by atoms with Crippen LogP contribution in [-0.4, -0.2) is 24.1 Å². The SMILES string of the molecule is CN(C)c1ccccc1Nc1nc(N)ncc1Cl. The number of nitrogen functional groups attached to an aromatic ring is 1. The molecular weight excluding hydrogens is 250 g/mol. The Labute approximate surface area is 111 Å². The summed E-state index contributed by atoms with van der Waals surface area (Å²) in [7, 11) is 3.94. The highest BCUT2D eigenvalue weighted by Crippen LogP contribution is 2.29. The molecule has 6 heteroatoms. The third-order valence-electron chi connectivity index (χ3n) is 2.40. The number of nitrogens with two attached hydrogens (primary N) is 1. The lowest BCUT2D eigenvalue weighted by Gasteiger charge is -2.18. The monoisotopic (exact) mass is 263 g/mol. The molecule has 1 aromatic carbocycles. The standard InChI is InChI=1S/C12H14ClN5/c1-18(2)10-6-4-3-5-9(10)16-11-8(13)7-15-12(14)17-11/h3-7H,1-2H3,(H3,14,15,16,17). The summed E-state index contributed by atoms with van der Waals surface area (Å²) >= 11 is 6.02. The molecule has 0 bridgehead atoms. The zero-order valence-electron chi connectivity index (χ0n) is 10.2. The summed E-state index contributed by atoms with van der Waals surface area (Å²) in [6.45, 7) is 0. The van der Waals surface area contributed by atoms with Crippen LogP contribution in [0.2, 0.25) is 5.02 Å². The molecule has 0 atom stereocenters. The van der Waals surface area contributed by atoms with Gasteiger partial charge in [0.1, 0.15) is 5.02 Å². The van der Waals surface area contributed by atoms with Crippen LogP contribution in [0.3, 0.4) is 0 Å². The second kappa shape index (κ2) is 5.10. The van der Waals surface area contributed by atoms with Crippen LogP contribution in [0.25, 0.3) is 0 Å². The van der Waals surface area contributed by atoms with E-state index in [4.69, 9.17) is 17.3 Å². The predicted molar refractivity (Wildman–Crippen MR) is 75.5 cm³/mol. The maximum atomic E-state index is 6.02. The molecule has 0 saturated carbocycles. The van der Waals surface area contributed by atoms with Crippen LogP contribution in [-0.2, 0) is 0 Å². The summed E-state index contributed by atoms with van der Waals surface area (Å²) in [6, 6.07) is 7.86. The molecule has 0 spiro atoms. The molecule has 0 unspecified atom stereocenters. The van der Waals surface area contributed by atoms with Crippen molar-refractivity contribution in [2.75, 3.05) is 30.0 Å². The Kier molecular flexibility index (Phi) is 3.53. The molecule has 0 amide bonds. The molecular formula is C12H14ClN5. The summed E-state index contributed by atoms with van der Waals surface area (Å²) in [5.74, 6) is 0.683. The Hall–Kier alpha value is -2.01. The van der Waals surface area contributed by atoms with Crippen LogP contribution >= 0.6 is 11.6 Å². The Morgan fingerprint density at radius 2 is 2.00 bits per heavy atom.